The Hall–Kier alpha value is -2.97. The molecule has 0 saturated carbocycles. The summed E-state index contributed by atoms with van der Waals surface area (Å²) in [6.07, 6.45) is 5.23. The van der Waals surface area contributed by atoms with Crippen molar-refractivity contribution in [1.29, 1.82) is 0 Å². The van der Waals surface area contributed by atoms with Crippen LogP contribution in [0.4, 0.5) is 22.0 Å². The van der Waals surface area contributed by atoms with Gasteiger partial charge in [0.05, 0.1) is 16.9 Å². The molecule has 1 atom stereocenters. The number of fused-ring (bicyclic) bond motifs is 2. The van der Waals surface area contributed by atoms with E-state index >= 15 is 0 Å². The molecule has 2 aliphatic rings. The van der Waals surface area contributed by atoms with Gasteiger partial charge in [-0.15, -0.1) is 0 Å². The highest BCUT2D eigenvalue weighted by Crippen LogP contribution is 2.35. The molecule has 1 aromatic carbocycles. The number of anilines is 3. The van der Waals surface area contributed by atoms with Crippen LogP contribution in [0.3, 0.4) is 0 Å². The predicted molar refractivity (Wildman–Crippen MR) is 136 cm³/mol. The van der Waals surface area contributed by atoms with E-state index < -0.39 is 0 Å². The molecule has 8 nitrogen and oxygen atoms in total. The lowest BCUT2D eigenvalue weighted by Crippen LogP contribution is -2.41. The van der Waals surface area contributed by atoms with Crippen molar-refractivity contribution >= 4 is 29.1 Å². The van der Waals surface area contributed by atoms with Crippen LogP contribution in [0.1, 0.15) is 43.5 Å². The van der Waals surface area contributed by atoms with Crippen molar-refractivity contribution in [2.75, 3.05) is 56.0 Å². The van der Waals surface area contributed by atoms with Crippen LogP contribution >= 0.6 is 0 Å². The van der Waals surface area contributed by atoms with E-state index in [0.717, 1.165) is 19.6 Å². The van der Waals surface area contributed by atoms with Crippen LogP contribution < -0.4 is 15.5 Å². The van der Waals surface area contributed by atoms with E-state index in [1.807, 2.05) is 6.07 Å². The summed E-state index contributed by atoms with van der Waals surface area (Å²) in [5.41, 5.74) is 1.50. The smallest absolute Gasteiger partial charge is 0.327 e. The SMILES string of the molecule is CCCN(CCC)CC1CCN(CCNC(=O)N2c3ccccc3C(=O)Nc3cccnc32)C1. The third-order valence-corrected chi connectivity index (χ3v) is 6.51. The highest BCUT2D eigenvalue weighted by atomic mass is 16.2. The maximum Gasteiger partial charge on any atom is 0.327 e. The minimum absolute atomic E-state index is 0.247. The summed E-state index contributed by atoms with van der Waals surface area (Å²) < 4.78 is 0. The van der Waals surface area contributed by atoms with Crippen LogP contribution in [0.25, 0.3) is 0 Å². The highest BCUT2D eigenvalue weighted by molar-refractivity contribution is 6.16. The molecule has 34 heavy (non-hydrogen) atoms. The van der Waals surface area contributed by atoms with Gasteiger partial charge in [0.2, 0.25) is 0 Å². The summed E-state index contributed by atoms with van der Waals surface area (Å²) in [7, 11) is 0. The maximum absolute atomic E-state index is 13.3. The second kappa shape index (κ2) is 11.4. The molecule has 3 heterocycles. The van der Waals surface area contributed by atoms with Gasteiger partial charge in [0, 0.05) is 32.4 Å². The molecule has 1 aromatic heterocycles. The molecular formula is C26H36N6O2. The Morgan fingerprint density at radius 2 is 1.97 bits per heavy atom. The monoisotopic (exact) mass is 464 g/mol. The quantitative estimate of drug-likeness (QED) is 0.588. The van der Waals surface area contributed by atoms with Gasteiger partial charge in [-0.3, -0.25) is 4.79 Å². The number of likely N-dealkylation sites (tertiary alicyclic amines) is 1. The van der Waals surface area contributed by atoms with E-state index in [4.69, 9.17) is 0 Å². The highest BCUT2D eigenvalue weighted by Gasteiger charge is 2.30. The van der Waals surface area contributed by atoms with Crippen LogP contribution in [0, 0.1) is 5.92 Å². The Balaban J connectivity index is 1.37. The Morgan fingerprint density at radius 3 is 2.76 bits per heavy atom. The predicted octanol–water partition coefficient (Wildman–Crippen LogP) is 3.94. The van der Waals surface area contributed by atoms with Gasteiger partial charge in [-0.2, -0.15) is 0 Å². The number of para-hydroxylation sites is 1. The summed E-state index contributed by atoms with van der Waals surface area (Å²) in [4.78, 5) is 37.0. The normalized spacial score (nSPS) is 17.8. The third-order valence-electron chi connectivity index (χ3n) is 6.51. The van der Waals surface area contributed by atoms with Crippen molar-refractivity contribution < 1.29 is 9.59 Å². The first-order chi connectivity index (χ1) is 16.6. The fourth-order valence-corrected chi connectivity index (χ4v) is 5.00. The van der Waals surface area contributed by atoms with Crippen molar-refractivity contribution in [2.45, 2.75) is 33.1 Å². The molecule has 1 saturated heterocycles. The number of carbonyl (C=O) groups excluding carboxylic acids is 2. The first-order valence-electron chi connectivity index (χ1n) is 12.5. The number of hydrogen-bond acceptors (Lipinski definition) is 5. The number of nitrogens with zero attached hydrogens (tertiary/aromatic N) is 4. The number of benzene rings is 1. The van der Waals surface area contributed by atoms with Gasteiger partial charge in [-0.25, -0.2) is 14.7 Å². The van der Waals surface area contributed by atoms with Crippen LogP contribution in [-0.2, 0) is 0 Å². The maximum atomic E-state index is 13.3. The first-order valence-corrected chi connectivity index (χ1v) is 12.5. The van der Waals surface area contributed by atoms with E-state index in [1.165, 1.54) is 43.8 Å². The van der Waals surface area contributed by atoms with E-state index in [0.29, 0.717) is 35.2 Å². The first kappa shape index (κ1) is 24.2. The molecule has 0 bridgehead atoms. The zero-order chi connectivity index (χ0) is 23.9. The van der Waals surface area contributed by atoms with Crippen molar-refractivity contribution in [3.8, 4) is 0 Å². The Kier molecular flexibility index (Phi) is 8.13. The topological polar surface area (TPSA) is 80.8 Å². The minimum atomic E-state index is -0.281. The number of amides is 3. The zero-order valence-corrected chi connectivity index (χ0v) is 20.3. The van der Waals surface area contributed by atoms with Crippen LogP contribution in [0.5, 0.6) is 0 Å². The van der Waals surface area contributed by atoms with E-state index in [9.17, 15) is 9.59 Å². The average molecular weight is 465 g/mol. The van der Waals surface area contributed by atoms with Gasteiger partial charge >= 0.3 is 6.03 Å². The lowest BCUT2D eigenvalue weighted by Gasteiger charge is -2.25. The average Bonchev–Trinajstić information content (AvgIpc) is 3.23. The summed E-state index contributed by atoms with van der Waals surface area (Å²) >= 11 is 0. The molecule has 2 N–H and O–H groups in total. The van der Waals surface area contributed by atoms with Gasteiger partial charge in [-0.1, -0.05) is 26.0 Å². The van der Waals surface area contributed by atoms with Gasteiger partial charge < -0.3 is 20.4 Å². The van der Waals surface area contributed by atoms with Crippen molar-refractivity contribution in [1.82, 2.24) is 20.1 Å². The van der Waals surface area contributed by atoms with Gasteiger partial charge in [0.1, 0.15) is 0 Å². The van der Waals surface area contributed by atoms with Crippen molar-refractivity contribution in [2.24, 2.45) is 5.92 Å². The molecule has 2 aliphatic heterocycles. The zero-order valence-electron chi connectivity index (χ0n) is 20.3. The van der Waals surface area contributed by atoms with Crippen molar-refractivity contribution in [3.63, 3.8) is 0 Å². The van der Waals surface area contributed by atoms with Crippen LogP contribution in [0.2, 0.25) is 0 Å². The summed E-state index contributed by atoms with van der Waals surface area (Å²) in [6.45, 7) is 11.5. The van der Waals surface area contributed by atoms with E-state index in [-0.39, 0.29) is 11.9 Å². The van der Waals surface area contributed by atoms with Gasteiger partial charge in [0.25, 0.3) is 5.91 Å². The third kappa shape index (κ3) is 5.56. The van der Waals surface area contributed by atoms with Crippen LogP contribution in [-0.4, -0.2) is 72.5 Å². The molecule has 1 fully saturated rings. The number of aromatic nitrogens is 1. The number of pyridine rings is 1. The summed E-state index contributed by atoms with van der Waals surface area (Å²) in [5.74, 6) is 0.870. The largest absolute Gasteiger partial charge is 0.336 e. The van der Waals surface area contributed by atoms with E-state index in [1.54, 1.807) is 36.5 Å². The molecule has 0 spiro atoms. The number of urea groups is 1. The molecule has 3 amide bonds. The molecule has 182 valence electrons. The molecule has 2 aromatic rings. The Labute approximate surface area is 202 Å². The molecular weight excluding hydrogens is 428 g/mol. The number of carbonyl (C=O) groups is 2. The van der Waals surface area contributed by atoms with Gasteiger partial charge in [-0.05, 0) is 69.1 Å². The second-order valence-corrected chi connectivity index (χ2v) is 9.17. The number of hydrogen-bond donors (Lipinski definition) is 2. The lowest BCUT2D eigenvalue weighted by atomic mass is 10.1. The molecule has 8 heteroatoms. The second-order valence-electron chi connectivity index (χ2n) is 9.17. The number of rotatable bonds is 9. The summed E-state index contributed by atoms with van der Waals surface area (Å²) in [6, 6.07) is 10.4. The molecule has 4 rings (SSSR count). The number of nitrogens with one attached hydrogen (secondary N) is 2. The molecule has 1 unspecified atom stereocenters. The fourth-order valence-electron chi connectivity index (χ4n) is 5.00. The van der Waals surface area contributed by atoms with Gasteiger partial charge in [0.15, 0.2) is 5.82 Å². The van der Waals surface area contributed by atoms with E-state index in [2.05, 4.69) is 39.3 Å². The van der Waals surface area contributed by atoms with Crippen molar-refractivity contribution in [3.05, 3.63) is 48.2 Å². The lowest BCUT2D eigenvalue weighted by molar-refractivity contribution is 0.102. The molecule has 0 aliphatic carbocycles. The minimum Gasteiger partial charge on any atom is -0.336 e. The Bertz CT molecular complexity index is 991. The Morgan fingerprint density at radius 1 is 1.18 bits per heavy atom. The molecule has 0 radical (unpaired) electrons. The summed E-state index contributed by atoms with van der Waals surface area (Å²) in [5, 5.41) is 5.92. The standard InChI is InChI=1S/C26H36N6O2/c1-3-14-30(15-4-2)18-20-11-16-31(19-20)17-13-28-26(34)32-23-10-6-5-8-21(23)25(33)29-22-9-7-12-27-24(22)32/h5-10,12,20H,3-4,11,13-19H2,1-2H3,(H,28,34)(H,29,33). The van der Waals surface area contributed by atoms with Crippen LogP contribution in [0.15, 0.2) is 42.6 Å². The fraction of sp³-hybridized carbons (Fsp3) is 0.500.